The van der Waals surface area contributed by atoms with Crippen LogP contribution < -0.4 is 5.73 Å². The molecule has 1 fully saturated rings. The highest BCUT2D eigenvalue weighted by atomic mass is 19.4. The molecule has 0 amide bonds. The van der Waals surface area contributed by atoms with Crippen LogP contribution in [0.1, 0.15) is 23.2 Å². The number of halogens is 10. The summed E-state index contributed by atoms with van der Waals surface area (Å²) in [5, 5.41) is 12.1. The van der Waals surface area contributed by atoms with Crippen LogP contribution in [0.4, 0.5) is 49.7 Å². The maximum atomic E-state index is 14.1. The Balaban J connectivity index is 2.28. The summed E-state index contributed by atoms with van der Waals surface area (Å²) in [6, 6.07) is 0.719. The lowest BCUT2D eigenvalue weighted by Crippen LogP contribution is -2.35. The zero-order valence-corrected chi connectivity index (χ0v) is 13.6. The Bertz CT molecular complexity index is 1020. The Labute approximate surface area is 154 Å². The number of rotatable bonds is 2. The van der Waals surface area contributed by atoms with E-state index in [4.69, 9.17) is 11.0 Å². The first kappa shape index (κ1) is 20.7. The third-order valence-electron chi connectivity index (χ3n) is 4.48. The monoisotopic (exact) mass is 432 g/mol. The highest BCUT2D eigenvalue weighted by molar-refractivity contribution is 5.62. The third-order valence-corrected chi connectivity index (χ3v) is 4.48. The van der Waals surface area contributed by atoms with Crippen molar-refractivity contribution in [3.63, 3.8) is 0 Å². The van der Waals surface area contributed by atoms with Crippen molar-refractivity contribution in [2.24, 2.45) is 0 Å². The molecule has 0 saturated heterocycles. The average molecular weight is 432 g/mol. The molecule has 1 aliphatic rings. The molecule has 1 aromatic heterocycles. The van der Waals surface area contributed by atoms with Gasteiger partial charge in [0.1, 0.15) is 17.6 Å². The molecule has 4 nitrogen and oxygen atoms in total. The molecule has 1 aromatic carbocycles. The van der Waals surface area contributed by atoms with Gasteiger partial charge in [-0.05, 0) is 12.1 Å². The SMILES string of the molecule is N#Cc1nn(-c2c(F)cc(C(F)(F)F)cc2F)c(N)c1C1(C(F)(F)F)CC1(F)F. The molecule has 0 radical (unpaired) electrons. The molecule has 1 atom stereocenters. The number of alkyl halides is 8. The second-order valence-corrected chi connectivity index (χ2v) is 6.20. The number of aromatic nitrogens is 2. The van der Waals surface area contributed by atoms with Crippen molar-refractivity contribution in [2.75, 3.05) is 5.73 Å². The van der Waals surface area contributed by atoms with Crippen molar-refractivity contribution in [3.8, 4) is 11.8 Å². The normalized spacial score (nSPS) is 21.1. The van der Waals surface area contributed by atoms with Gasteiger partial charge in [-0.15, -0.1) is 0 Å². The van der Waals surface area contributed by atoms with Crippen LogP contribution in [-0.4, -0.2) is 21.9 Å². The predicted octanol–water partition coefficient (Wildman–Crippen LogP) is 4.46. The second kappa shape index (κ2) is 5.77. The maximum Gasteiger partial charge on any atom is 0.416 e. The van der Waals surface area contributed by atoms with Crippen LogP contribution >= 0.6 is 0 Å². The number of anilines is 1. The lowest BCUT2D eigenvalue weighted by molar-refractivity contribution is -0.182. The molecule has 3 rings (SSSR count). The van der Waals surface area contributed by atoms with E-state index in [1.165, 1.54) is 0 Å². The standard InChI is InChI=1S/C15H6F10N4/c16-6-1-5(14(20,21)22)2-7(17)10(6)29-11(27)9(8(3-26)28-29)12(15(23,24)25)4-13(12,18)19/h1-2H,4,27H2. The van der Waals surface area contributed by atoms with Gasteiger partial charge in [-0.2, -0.15) is 36.7 Å². The zero-order chi connectivity index (χ0) is 22.2. The molecule has 0 spiro atoms. The first-order chi connectivity index (χ1) is 13.1. The van der Waals surface area contributed by atoms with Crippen LogP contribution in [0.2, 0.25) is 0 Å². The first-order valence-electron chi connectivity index (χ1n) is 7.38. The summed E-state index contributed by atoms with van der Waals surface area (Å²) in [4.78, 5) is 0. The van der Waals surface area contributed by atoms with Gasteiger partial charge in [-0.1, -0.05) is 0 Å². The van der Waals surface area contributed by atoms with Crippen LogP contribution in [0.3, 0.4) is 0 Å². The molecule has 1 unspecified atom stereocenters. The molecule has 14 heteroatoms. The summed E-state index contributed by atoms with van der Waals surface area (Å²) in [5.74, 6) is -9.61. The van der Waals surface area contributed by atoms with E-state index >= 15 is 0 Å². The highest BCUT2D eigenvalue weighted by Gasteiger charge is 2.86. The molecule has 1 heterocycles. The van der Waals surface area contributed by atoms with E-state index in [9.17, 15) is 43.9 Å². The summed E-state index contributed by atoms with van der Waals surface area (Å²) in [7, 11) is 0. The van der Waals surface area contributed by atoms with Gasteiger partial charge in [-0.3, -0.25) is 0 Å². The van der Waals surface area contributed by atoms with Crippen molar-refractivity contribution in [1.82, 2.24) is 9.78 Å². The predicted molar refractivity (Wildman–Crippen MR) is 74.9 cm³/mol. The smallest absolute Gasteiger partial charge is 0.383 e. The first-order valence-corrected chi connectivity index (χ1v) is 7.38. The van der Waals surface area contributed by atoms with Crippen LogP contribution in [0.25, 0.3) is 5.69 Å². The summed E-state index contributed by atoms with van der Waals surface area (Å²) in [6.07, 6.45) is -12.6. The summed E-state index contributed by atoms with van der Waals surface area (Å²) in [6.45, 7) is 0. The summed E-state index contributed by atoms with van der Waals surface area (Å²) in [5.41, 5.74) is -4.55. The van der Waals surface area contributed by atoms with E-state index in [1.807, 2.05) is 0 Å². The molecular weight excluding hydrogens is 426 g/mol. The summed E-state index contributed by atoms with van der Waals surface area (Å²) >= 11 is 0. The van der Waals surface area contributed by atoms with Gasteiger partial charge < -0.3 is 5.73 Å². The number of benzene rings is 1. The molecule has 1 aliphatic carbocycles. The van der Waals surface area contributed by atoms with Crippen molar-refractivity contribution < 1.29 is 43.9 Å². The lowest BCUT2D eigenvalue weighted by atomic mass is 9.94. The largest absolute Gasteiger partial charge is 0.416 e. The van der Waals surface area contributed by atoms with Gasteiger partial charge in [0.15, 0.2) is 22.7 Å². The molecule has 0 bridgehead atoms. The second-order valence-electron chi connectivity index (χ2n) is 6.20. The summed E-state index contributed by atoms with van der Waals surface area (Å²) < 4.78 is 134. The molecule has 1 saturated carbocycles. The zero-order valence-electron chi connectivity index (χ0n) is 13.6. The number of nitrogen functional groups attached to an aromatic ring is 1. The van der Waals surface area contributed by atoms with Crippen LogP contribution in [0.5, 0.6) is 0 Å². The third kappa shape index (κ3) is 2.78. The quantitative estimate of drug-likeness (QED) is 0.713. The minimum atomic E-state index is -5.61. The molecule has 156 valence electrons. The Morgan fingerprint density at radius 1 is 1.07 bits per heavy atom. The van der Waals surface area contributed by atoms with E-state index in [1.54, 1.807) is 0 Å². The van der Waals surface area contributed by atoms with E-state index in [-0.39, 0.29) is 16.8 Å². The van der Waals surface area contributed by atoms with Gasteiger partial charge in [0, 0.05) is 6.42 Å². The van der Waals surface area contributed by atoms with Crippen molar-refractivity contribution in [1.29, 1.82) is 5.26 Å². The molecular formula is C15H6F10N4. The van der Waals surface area contributed by atoms with Crippen LogP contribution in [-0.2, 0) is 11.6 Å². The number of hydrogen-bond donors (Lipinski definition) is 1. The fourth-order valence-corrected chi connectivity index (χ4v) is 3.04. The fourth-order valence-electron chi connectivity index (χ4n) is 3.04. The number of nitrogens with two attached hydrogens (primary N) is 1. The minimum Gasteiger partial charge on any atom is -0.383 e. The Morgan fingerprint density at radius 3 is 1.90 bits per heavy atom. The molecule has 0 aliphatic heterocycles. The van der Waals surface area contributed by atoms with Gasteiger partial charge >= 0.3 is 12.4 Å². The van der Waals surface area contributed by atoms with E-state index < -0.39 is 70.1 Å². The van der Waals surface area contributed by atoms with Crippen molar-refractivity contribution in [2.45, 2.75) is 30.1 Å². The Morgan fingerprint density at radius 2 is 1.55 bits per heavy atom. The number of nitrogens with zero attached hydrogens (tertiary/aromatic N) is 3. The minimum absolute atomic E-state index is 0.138. The van der Waals surface area contributed by atoms with E-state index in [2.05, 4.69) is 5.10 Å². The van der Waals surface area contributed by atoms with Gasteiger partial charge in [0.2, 0.25) is 0 Å². The molecule has 2 N–H and O–H groups in total. The van der Waals surface area contributed by atoms with Gasteiger partial charge in [-0.25, -0.2) is 22.2 Å². The van der Waals surface area contributed by atoms with Gasteiger partial charge in [0.05, 0.1) is 11.1 Å². The Kier molecular flexibility index (Phi) is 4.13. The highest BCUT2D eigenvalue weighted by Crippen LogP contribution is 2.70. The van der Waals surface area contributed by atoms with Crippen LogP contribution in [0.15, 0.2) is 12.1 Å². The lowest BCUT2D eigenvalue weighted by Gasteiger charge is -2.20. The molecule has 2 aromatic rings. The maximum absolute atomic E-state index is 14.1. The van der Waals surface area contributed by atoms with Crippen molar-refractivity contribution >= 4 is 5.82 Å². The molecule has 29 heavy (non-hydrogen) atoms. The van der Waals surface area contributed by atoms with E-state index in [0.717, 1.165) is 6.07 Å². The number of hydrogen-bond acceptors (Lipinski definition) is 3. The van der Waals surface area contributed by atoms with Crippen molar-refractivity contribution in [3.05, 3.63) is 40.6 Å². The topological polar surface area (TPSA) is 67.6 Å². The van der Waals surface area contributed by atoms with Gasteiger partial charge in [0.25, 0.3) is 5.92 Å². The van der Waals surface area contributed by atoms with E-state index in [0.29, 0.717) is 0 Å². The number of nitriles is 1. The Hall–Kier alpha value is -2.98. The fraction of sp³-hybridized carbons (Fsp3) is 0.333. The van der Waals surface area contributed by atoms with Crippen LogP contribution in [0, 0.1) is 23.0 Å². The average Bonchev–Trinajstić information content (AvgIpc) is 2.99.